The van der Waals surface area contributed by atoms with Crippen molar-refractivity contribution in [3.05, 3.63) is 22.4 Å². The lowest BCUT2D eigenvalue weighted by Gasteiger charge is -2.47. The number of hydrogen-bond acceptors (Lipinski definition) is 3. The van der Waals surface area contributed by atoms with Crippen molar-refractivity contribution in [3.63, 3.8) is 0 Å². The largest absolute Gasteiger partial charge is 0.329 e. The SMILES string of the molecule is CCC(C)C(C)(CN)N(Cc1cccs1)C(C)C. The van der Waals surface area contributed by atoms with Crippen molar-refractivity contribution >= 4 is 11.3 Å². The van der Waals surface area contributed by atoms with Crippen molar-refractivity contribution < 1.29 is 0 Å². The predicted molar refractivity (Wildman–Crippen MR) is 81.9 cm³/mol. The number of thiophene rings is 1. The minimum atomic E-state index is 0.0763. The summed E-state index contributed by atoms with van der Waals surface area (Å²) in [5.74, 6) is 0.602. The molecule has 0 saturated heterocycles. The highest BCUT2D eigenvalue weighted by Crippen LogP contribution is 2.30. The molecule has 1 heterocycles. The van der Waals surface area contributed by atoms with E-state index < -0.39 is 0 Å². The zero-order valence-electron chi connectivity index (χ0n) is 12.4. The topological polar surface area (TPSA) is 29.3 Å². The van der Waals surface area contributed by atoms with Crippen LogP contribution in [0.5, 0.6) is 0 Å². The van der Waals surface area contributed by atoms with Crippen molar-refractivity contribution in [3.8, 4) is 0 Å². The van der Waals surface area contributed by atoms with Gasteiger partial charge in [0.05, 0.1) is 0 Å². The van der Waals surface area contributed by atoms with Gasteiger partial charge in [0.2, 0.25) is 0 Å². The van der Waals surface area contributed by atoms with Crippen LogP contribution in [-0.2, 0) is 6.54 Å². The Balaban J connectivity index is 2.94. The Hall–Kier alpha value is -0.380. The van der Waals surface area contributed by atoms with Gasteiger partial charge in [-0.15, -0.1) is 11.3 Å². The Morgan fingerprint density at radius 2 is 2.06 bits per heavy atom. The monoisotopic (exact) mass is 268 g/mol. The van der Waals surface area contributed by atoms with Gasteiger partial charge in [0, 0.05) is 29.5 Å². The second kappa shape index (κ2) is 6.69. The molecule has 2 unspecified atom stereocenters. The fourth-order valence-electron chi connectivity index (χ4n) is 2.56. The molecule has 0 aliphatic carbocycles. The summed E-state index contributed by atoms with van der Waals surface area (Å²) < 4.78 is 0. The second-order valence-electron chi connectivity index (χ2n) is 5.67. The maximum atomic E-state index is 6.11. The molecule has 0 aliphatic rings. The van der Waals surface area contributed by atoms with E-state index in [1.807, 2.05) is 11.3 Å². The van der Waals surface area contributed by atoms with Crippen LogP contribution in [0.15, 0.2) is 17.5 Å². The predicted octanol–water partition coefficient (Wildman–Crippen LogP) is 3.72. The normalized spacial score (nSPS) is 17.1. The summed E-state index contributed by atoms with van der Waals surface area (Å²) in [5, 5.41) is 2.15. The van der Waals surface area contributed by atoms with E-state index in [-0.39, 0.29) is 5.54 Å². The van der Waals surface area contributed by atoms with Gasteiger partial charge in [0.1, 0.15) is 0 Å². The highest BCUT2D eigenvalue weighted by molar-refractivity contribution is 7.09. The van der Waals surface area contributed by atoms with Crippen molar-refractivity contribution in [2.45, 2.75) is 59.2 Å². The maximum Gasteiger partial charge on any atom is 0.0336 e. The summed E-state index contributed by atoms with van der Waals surface area (Å²) >= 11 is 1.83. The zero-order valence-corrected chi connectivity index (χ0v) is 13.3. The molecule has 1 aromatic rings. The van der Waals surface area contributed by atoms with Gasteiger partial charge in [-0.1, -0.05) is 26.3 Å². The van der Waals surface area contributed by atoms with E-state index in [0.717, 1.165) is 6.54 Å². The van der Waals surface area contributed by atoms with Gasteiger partial charge < -0.3 is 5.73 Å². The average molecular weight is 268 g/mol. The molecule has 0 saturated carbocycles. The first kappa shape index (κ1) is 15.7. The molecule has 18 heavy (non-hydrogen) atoms. The van der Waals surface area contributed by atoms with Gasteiger partial charge >= 0.3 is 0 Å². The smallest absolute Gasteiger partial charge is 0.0336 e. The first-order chi connectivity index (χ1) is 8.45. The molecule has 0 bridgehead atoms. The molecule has 0 fully saturated rings. The molecule has 2 atom stereocenters. The Bertz CT molecular complexity index is 334. The van der Waals surface area contributed by atoms with E-state index in [1.165, 1.54) is 11.3 Å². The van der Waals surface area contributed by atoms with E-state index in [0.29, 0.717) is 18.5 Å². The second-order valence-corrected chi connectivity index (χ2v) is 6.70. The van der Waals surface area contributed by atoms with Crippen LogP contribution in [0.25, 0.3) is 0 Å². The molecule has 0 aliphatic heterocycles. The van der Waals surface area contributed by atoms with Gasteiger partial charge in [-0.2, -0.15) is 0 Å². The third kappa shape index (κ3) is 3.34. The Kier molecular flexibility index (Phi) is 5.83. The van der Waals surface area contributed by atoms with Crippen molar-refractivity contribution in [1.29, 1.82) is 0 Å². The molecule has 2 N–H and O–H groups in total. The van der Waals surface area contributed by atoms with Crippen molar-refractivity contribution in [1.82, 2.24) is 4.90 Å². The molecule has 0 spiro atoms. The van der Waals surface area contributed by atoms with Crippen molar-refractivity contribution in [2.75, 3.05) is 6.54 Å². The van der Waals surface area contributed by atoms with Crippen LogP contribution < -0.4 is 5.73 Å². The number of hydrogen-bond donors (Lipinski definition) is 1. The molecular formula is C15H28N2S. The van der Waals surface area contributed by atoms with E-state index >= 15 is 0 Å². The number of nitrogens with two attached hydrogens (primary N) is 1. The van der Waals surface area contributed by atoms with Crippen LogP contribution in [0.1, 0.15) is 45.9 Å². The molecule has 1 rings (SSSR count). The highest BCUT2D eigenvalue weighted by atomic mass is 32.1. The van der Waals surface area contributed by atoms with Crippen LogP contribution in [-0.4, -0.2) is 23.0 Å². The molecule has 1 aromatic heterocycles. The third-order valence-corrected chi connectivity index (χ3v) is 5.13. The third-order valence-electron chi connectivity index (χ3n) is 4.27. The fraction of sp³-hybridized carbons (Fsp3) is 0.733. The van der Waals surface area contributed by atoms with Crippen LogP contribution in [0.2, 0.25) is 0 Å². The zero-order chi connectivity index (χ0) is 13.8. The minimum Gasteiger partial charge on any atom is -0.329 e. The summed E-state index contributed by atoms with van der Waals surface area (Å²) in [6, 6.07) is 4.85. The lowest BCUT2D eigenvalue weighted by Crippen LogP contribution is -2.57. The Labute approximate surface area is 116 Å². The summed E-state index contributed by atoms with van der Waals surface area (Å²) in [6.45, 7) is 13.1. The number of nitrogens with zero attached hydrogens (tertiary/aromatic N) is 1. The summed E-state index contributed by atoms with van der Waals surface area (Å²) in [5.41, 5.74) is 6.19. The molecule has 0 amide bonds. The Morgan fingerprint density at radius 1 is 1.39 bits per heavy atom. The van der Waals surface area contributed by atoms with Gasteiger partial charge in [-0.05, 0) is 38.1 Å². The van der Waals surface area contributed by atoms with Crippen LogP contribution in [0.4, 0.5) is 0 Å². The molecule has 3 heteroatoms. The van der Waals surface area contributed by atoms with Crippen LogP contribution in [0, 0.1) is 5.92 Å². The van der Waals surface area contributed by atoms with Gasteiger partial charge in [-0.3, -0.25) is 4.90 Å². The molecule has 0 aromatic carbocycles. The van der Waals surface area contributed by atoms with Crippen LogP contribution >= 0.6 is 11.3 Å². The molecule has 2 nitrogen and oxygen atoms in total. The fourth-order valence-corrected chi connectivity index (χ4v) is 3.27. The molecule has 104 valence electrons. The minimum absolute atomic E-state index is 0.0763. The molecule has 0 radical (unpaired) electrons. The number of rotatable bonds is 7. The molecular weight excluding hydrogens is 240 g/mol. The lowest BCUT2D eigenvalue weighted by atomic mass is 9.82. The van der Waals surface area contributed by atoms with Gasteiger partial charge in [0.25, 0.3) is 0 Å². The standard InChI is InChI=1S/C15H28N2S/c1-6-13(4)15(5,11-16)17(12(2)3)10-14-8-7-9-18-14/h7-9,12-13H,6,10-11,16H2,1-5H3. The lowest BCUT2D eigenvalue weighted by molar-refractivity contribution is 0.0242. The van der Waals surface area contributed by atoms with Crippen molar-refractivity contribution in [2.24, 2.45) is 11.7 Å². The summed E-state index contributed by atoms with van der Waals surface area (Å²) in [4.78, 5) is 3.99. The maximum absolute atomic E-state index is 6.11. The average Bonchev–Trinajstić information content (AvgIpc) is 2.86. The van der Waals surface area contributed by atoms with Crippen LogP contribution in [0.3, 0.4) is 0 Å². The summed E-state index contributed by atoms with van der Waals surface area (Å²) in [7, 11) is 0. The van der Waals surface area contributed by atoms with Gasteiger partial charge in [-0.25, -0.2) is 0 Å². The summed E-state index contributed by atoms with van der Waals surface area (Å²) in [6.07, 6.45) is 1.17. The van der Waals surface area contributed by atoms with E-state index in [1.54, 1.807) is 0 Å². The van der Waals surface area contributed by atoms with E-state index in [9.17, 15) is 0 Å². The van der Waals surface area contributed by atoms with E-state index in [2.05, 4.69) is 57.0 Å². The highest BCUT2D eigenvalue weighted by Gasteiger charge is 2.36. The van der Waals surface area contributed by atoms with Gasteiger partial charge in [0.15, 0.2) is 0 Å². The first-order valence-corrected chi connectivity index (χ1v) is 7.82. The quantitative estimate of drug-likeness (QED) is 0.816. The van der Waals surface area contributed by atoms with E-state index in [4.69, 9.17) is 5.73 Å². The Morgan fingerprint density at radius 3 is 2.44 bits per heavy atom. The first-order valence-electron chi connectivity index (χ1n) is 6.94.